The van der Waals surface area contributed by atoms with E-state index in [9.17, 15) is 18.0 Å². The van der Waals surface area contributed by atoms with Crippen LogP contribution in [0.2, 0.25) is 0 Å². The van der Waals surface area contributed by atoms with E-state index in [0.29, 0.717) is 18.8 Å². The second-order valence-corrected chi connectivity index (χ2v) is 9.68. The van der Waals surface area contributed by atoms with Gasteiger partial charge in [0.1, 0.15) is 0 Å². The van der Waals surface area contributed by atoms with E-state index < -0.39 is 27.5 Å². The summed E-state index contributed by atoms with van der Waals surface area (Å²) in [6, 6.07) is 6.03. The van der Waals surface area contributed by atoms with Gasteiger partial charge >= 0.3 is 0 Å². The van der Waals surface area contributed by atoms with Gasteiger partial charge in [-0.1, -0.05) is 12.2 Å². The van der Waals surface area contributed by atoms with Gasteiger partial charge in [-0.3, -0.25) is 9.59 Å². The van der Waals surface area contributed by atoms with Gasteiger partial charge in [0, 0.05) is 13.1 Å². The highest BCUT2D eigenvalue weighted by atomic mass is 32.2. The minimum absolute atomic E-state index is 0.185. The van der Waals surface area contributed by atoms with E-state index in [1.807, 2.05) is 19.1 Å². The smallest absolute Gasteiger partial charge is 0.243 e. The van der Waals surface area contributed by atoms with Crippen LogP contribution in [0.1, 0.15) is 19.8 Å². The summed E-state index contributed by atoms with van der Waals surface area (Å²) in [6.07, 6.45) is 5.08. The summed E-state index contributed by atoms with van der Waals surface area (Å²) in [4.78, 5) is 27.2. The minimum atomic E-state index is -3.52. The number of hydrogen-bond donors (Lipinski definition) is 0. The summed E-state index contributed by atoms with van der Waals surface area (Å²) in [5, 5.41) is 0. The molecule has 27 heavy (non-hydrogen) atoms. The largest absolute Gasteiger partial charge is 0.362 e. The maximum atomic E-state index is 12.9. The number of hydrogen-bond acceptors (Lipinski definition) is 5. The lowest BCUT2D eigenvalue weighted by molar-refractivity contribution is -0.126. The molecule has 4 aliphatic rings. The lowest BCUT2D eigenvalue weighted by Crippen LogP contribution is -2.38. The maximum Gasteiger partial charge on any atom is 0.243 e. The second-order valence-electron chi connectivity index (χ2n) is 7.75. The molecule has 0 aromatic heterocycles. The molecule has 142 valence electrons. The third-order valence-electron chi connectivity index (χ3n) is 6.13. The number of benzene rings is 1. The number of sulfonamides is 1. The third kappa shape index (κ3) is 2.23. The van der Waals surface area contributed by atoms with E-state index in [1.54, 1.807) is 12.1 Å². The summed E-state index contributed by atoms with van der Waals surface area (Å²) >= 11 is 0. The first-order valence-corrected chi connectivity index (χ1v) is 10.6. The van der Waals surface area contributed by atoms with Crippen LogP contribution in [0.4, 0.5) is 5.69 Å². The quantitative estimate of drug-likeness (QED) is 0.576. The molecule has 4 aliphatic heterocycles. The number of rotatable bonds is 3. The van der Waals surface area contributed by atoms with Gasteiger partial charge in [-0.15, -0.1) is 0 Å². The number of anilines is 1. The summed E-state index contributed by atoms with van der Waals surface area (Å²) in [5.74, 6) is -1.58. The molecule has 0 N–H and O–H groups in total. The highest BCUT2D eigenvalue weighted by molar-refractivity contribution is 7.89. The molecule has 8 heteroatoms. The average molecular weight is 388 g/mol. The first-order chi connectivity index (χ1) is 12.8. The fraction of sp³-hybridized carbons (Fsp3) is 0.474. The number of amides is 2. The fourth-order valence-electron chi connectivity index (χ4n) is 4.75. The molecule has 2 bridgehead atoms. The zero-order chi connectivity index (χ0) is 19.0. The Morgan fingerprint density at radius 3 is 2.37 bits per heavy atom. The van der Waals surface area contributed by atoms with Gasteiger partial charge < -0.3 is 4.74 Å². The van der Waals surface area contributed by atoms with Gasteiger partial charge in [-0.05, 0) is 44.0 Å². The number of nitrogens with zero attached hydrogens (tertiary/aromatic N) is 2. The number of ether oxygens (including phenoxy) is 1. The molecular formula is C19H20N2O5S. The van der Waals surface area contributed by atoms with Crippen LogP contribution in [-0.4, -0.2) is 49.3 Å². The molecule has 2 amide bonds. The number of carbonyl (C=O) groups excluding carboxylic acids is 2. The van der Waals surface area contributed by atoms with Crippen LogP contribution < -0.4 is 4.90 Å². The number of carbonyl (C=O) groups is 2. The van der Waals surface area contributed by atoms with Crippen molar-refractivity contribution >= 4 is 27.5 Å². The first kappa shape index (κ1) is 17.1. The lowest BCUT2D eigenvalue weighted by atomic mass is 9.78. The predicted molar refractivity (Wildman–Crippen MR) is 96.3 cm³/mol. The Kier molecular flexibility index (Phi) is 3.48. The van der Waals surface area contributed by atoms with Crippen molar-refractivity contribution < 1.29 is 22.7 Å². The molecule has 0 spiro atoms. The van der Waals surface area contributed by atoms with Crippen LogP contribution in [0.5, 0.6) is 0 Å². The molecule has 0 unspecified atom stereocenters. The molecule has 7 nitrogen and oxygen atoms in total. The van der Waals surface area contributed by atoms with E-state index in [4.69, 9.17) is 4.74 Å². The number of fused-ring (bicyclic) bond motifs is 5. The summed E-state index contributed by atoms with van der Waals surface area (Å²) in [5.41, 5.74) is -0.335. The molecule has 4 atom stereocenters. The van der Waals surface area contributed by atoms with Gasteiger partial charge in [-0.25, -0.2) is 13.3 Å². The van der Waals surface area contributed by atoms with Gasteiger partial charge in [0.2, 0.25) is 21.8 Å². The molecule has 1 aromatic rings. The predicted octanol–water partition coefficient (Wildman–Crippen LogP) is 1.30. The van der Waals surface area contributed by atoms with Crippen LogP contribution in [-0.2, 0) is 24.3 Å². The van der Waals surface area contributed by atoms with Crippen molar-refractivity contribution in [2.24, 2.45) is 11.8 Å². The molecule has 0 saturated carbocycles. The molecule has 1 aromatic carbocycles. The topological polar surface area (TPSA) is 84.0 Å². The van der Waals surface area contributed by atoms with Crippen molar-refractivity contribution in [2.75, 3.05) is 18.0 Å². The van der Waals surface area contributed by atoms with Crippen molar-refractivity contribution in [3.05, 3.63) is 36.4 Å². The normalized spacial score (nSPS) is 35.4. The van der Waals surface area contributed by atoms with E-state index in [0.717, 1.165) is 12.8 Å². The van der Waals surface area contributed by atoms with Crippen molar-refractivity contribution in [1.29, 1.82) is 0 Å². The van der Waals surface area contributed by atoms with Gasteiger partial charge in [-0.2, -0.15) is 4.31 Å². The molecule has 3 fully saturated rings. The summed E-state index contributed by atoms with van der Waals surface area (Å²) in [7, 11) is -3.52. The monoisotopic (exact) mass is 388 g/mol. The maximum absolute atomic E-state index is 12.9. The average Bonchev–Trinajstić information content (AvgIpc) is 3.39. The molecule has 4 heterocycles. The Morgan fingerprint density at radius 2 is 1.74 bits per heavy atom. The van der Waals surface area contributed by atoms with E-state index >= 15 is 0 Å². The summed E-state index contributed by atoms with van der Waals surface area (Å²) in [6.45, 7) is 2.89. The van der Waals surface area contributed by atoms with Gasteiger partial charge in [0.25, 0.3) is 0 Å². The molecule has 3 saturated heterocycles. The zero-order valence-corrected chi connectivity index (χ0v) is 15.7. The Morgan fingerprint density at radius 1 is 1.07 bits per heavy atom. The Balaban J connectivity index is 1.45. The van der Waals surface area contributed by atoms with Gasteiger partial charge in [0.05, 0.1) is 34.1 Å². The first-order valence-electron chi connectivity index (χ1n) is 9.18. The van der Waals surface area contributed by atoms with Crippen LogP contribution in [0.3, 0.4) is 0 Å². The van der Waals surface area contributed by atoms with Crippen LogP contribution >= 0.6 is 0 Å². The molecule has 5 rings (SSSR count). The Bertz CT molecular complexity index is 964. The molecule has 0 radical (unpaired) electrons. The highest BCUT2D eigenvalue weighted by Gasteiger charge is 2.66. The lowest BCUT2D eigenvalue weighted by Gasteiger charge is -2.24. The van der Waals surface area contributed by atoms with Gasteiger partial charge in [0.15, 0.2) is 0 Å². The van der Waals surface area contributed by atoms with E-state index in [2.05, 4.69) is 0 Å². The zero-order valence-electron chi connectivity index (χ0n) is 14.9. The minimum Gasteiger partial charge on any atom is -0.362 e. The second kappa shape index (κ2) is 5.50. The number of imide groups is 1. The standard InChI is InChI=1S/C19H20N2O5S/c1-19-9-8-14(26-19)15-16(19)18(23)21(17(15)22)12-4-6-13(7-5-12)27(24,25)20-10-2-3-11-20/h4-9,14-16H,2-3,10-11H2,1H3/t14-,15-,16+,19+/m1/s1. The SMILES string of the molecule is C[C@@]12C=C[C@@H](O1)[C@H]1C(=O)N(c3ccc(S(=O)(=O)N4CCCC4)cc3)C(=O)[C@H]12. The Labute approximate surface area is 157 Å². The summed E-state index contributed by atoms with van der Waals surface area (Å²) < 4.78 is 32.6. The highest BCUT2D eigenvalue weighted by Crippen LogP contribution is 2.52. The van der Waals surface area contributed by atoms with Crippen molar-refractivity contribution in [3.8, 4) is 0 Å². The van der Waals surface area contributed by atoms with E-state index in [-0.39, 0.29) is 22.8 Å². The van der Waals surface area contributed by atoms with Crippen LogP contribution in [0.15, 0.2) is 41.3 Å². The van der Waals surface area contributed by atoms with E-state index in [1.165, 1.54) is 21.3 Å². The van der Waals surface area contributed by atoms with Crippen molar-refractivity contribution in [1.82, 2.24) is 4.31 Å². The Hall–Kier alpha value is -2.03. The molecular weight excluding hydrogens is 368 g/mol. The third-order valence-corrected chi connectivity index (χ3v) is 8.04. The fourth-order valence-corrected chi connectivity index (χ4v) is 6.27. The molecule has 0 aliphatic carbocycles. The van der Waals surface area contributed by atoms with Crippen LogP contribution in [0, 0.1) is 11.8 Å². The van der Waals surface area contributed by atoms with Crippen molar-refractivity contribution in [2.45, 2.75) is 36.4 Å². The van der Waals surface area contributed by atoms with Crippen molar-refractivity contribution in [3.63, 3.8) is 0 Å². The van der Waals surface area contributed by atoms with Crippen LogP contribution in [0.25, 0.3) is 0 Å².